The Morgan fingerprint density at radius 1 is 1.24 bits per heavy atom. The molecule has 1 aliphatic rings. The molecule has 1 aromatic carbocycles. The number of piperidine rings is 1. The van der Waals surface area contributed by atoms with Gasteiger partial charge in [-0.3, -0.25) is 0 Å². The molecule has 0 aliphatic carbocycles. The molecule has 4 nitrogen and oxygen atoms in total. The second-order valence-electron chi connectivity index (χ2n) is 5.60. The van der Waals surface area contributed by atoms with Crippen LogP contribution in [0.2, 0.25) is 0 Å². The molecule has 0 saturated carbocycles. The molecule has 1 aromatic rings. The molecule has 1 heterocycles. The smallest absolute Gasteiger partial charge is 0.241 e. The van der Waals surface area contributed by atoms with Gasteiger partial charge in [-0.1, -0.05) is 19.1 Å². The quantitative estimate of drug-likeness (QED) is 0.921. The maximum atomic E-state index is 12.5. The van der Waals surface area contributed by atoms with Crippen molar-refractivity contribution in [2.75, 3.05) is 19.6 Å². The highest BCUT2D eigenvalue weighted by molar-refractivity contribution is 7.89. The van der Waals surface area contributed by atoms with Gasteiger partial charge in [0, 0.05) is 6.04 Å². The molecule has 120 valence electrons. The van der Waals surface area contributed by atoms with Crippen LogP contribution in [0.25, 0.3) is 0 Å². The number of benzene rings is 1. The topological polar surface area (TPSA) is 49.4 Å². The van der Waals surface area contributed by atoms with Crippen LogP contribution in [0, 0.1) is 13.8 Å². The summed E-state index contributed by atoms with van der Waals surface area (Å²) < 4.78 is 27.9. The third-order valence-corrected chi connectivity index (χ3v) is 5.65. The number of hydrogen-bond acceptors (Lipinski definition) is 3. The molecule has 2 rings (SSSR count). The summed E-state index contributed by atoms with van der Waals surface area (Å²) in [5, 5.41) is 0. The molecular weight excluding hydrogens is 308 g/mol. The van der Waals surface area contributed by atoms with Crippen LogP contribution in [0.4, 0.5) is 0 Å². The third kappa shape index (κ3) is 4.68. The van der Waals surface area contributed by atoms with Crippen molar-refractivity contribution in [2.45, 2.75) is 44.6 Å². The average Bonchev–Trinajstić information content (AvgIpc) is 2.42. The van der Waals surface area contributed by atoms with Gasteiger partial charge >= 0.3 is 0 Å². The highest BCUT2D eigenvalue weighted by Gasteiger charge is 2.25. The summed E-state index contributed by atoms with van der Waals surface area (Å²) >= 11 is 0. The highest BCUT2D eigenvalue weighted by atomic mass is 35.5. The molecule has 6 heteroatoms. The van der Waals surface area contributed by atoms with E-state index in [2.05, 4.69) is 16.5 Å². The van der Waals surface area contributed by atoms with E-state index in [1.807, 2.05) is 26.0 Å². The second kappa shape index (κ2) is 7.58. The summed E-state index contributed by atoms with van der Waals surface area (Å²) in [4.78, 5) is 2.76. The van der Waals surface area contributed by atoms with Gasteiger partial charge in [0.25, 0.3) is 0 Å². The number of hydrogen-bond donors (Lipinski definition) is 1. The van der Waals surface area contributed by atoms with Gasteiger partial charge in [0.05, 0.1) is 4.90 Å². The fraction of sp³-hybridized carbons (Fsp3) is 0.600. The molecule has 21 heavy (non-hydrogen) atoms. The molecule has 0 amide bonds. The number of nitrogens with zero attached hydrogens (tertiary/aromatic N) is 1. The van der Waals surface area contributed by atoms with Gasteiger partial charge in [-0.15, -0.1) is 12.4 Å². The minimum atomic E-state index is -3.41. The third-order valence-electron chi connectivity index (χ3n) is 3.99. The number of halogens is 1. The second-order valence-corrected chi connectivity index (χ2v) is 7.28. The van der Waals surface area contributed by atoms with Crippen molar-refractivity contribution in [3.8, 4) is 0 Å². The predicted molar refractivity (Wildman–Crippen MR) is 88.6 cm³/mol. The molecule has 0 spiro atoms. The van der Waals surface area contributed by atoms with Crippen LogP contribution in [-0.4, -0.2) is 39.0 Å². The molecule has 0 unspecified atom stereocenters. The normalized spacial score (nSPS) is 17.5. The van der Waals surface area contributed by atoms with Gasteiger partial charge in [0.2, 0.25) is 10.0 Å². The van der Waals surface area contributed by atoms with Crippen molar-refractivity contribution >= 4 is 22.4 Å². The lowest BCUT2D eigenvalue weighted by Gasteiger charge is -2.31. The van der Waals surface area contributed by atoms with Crippen LogP contribution in [0.3, 0.4) is 0 Å². The molecule has 0 radical (unpaired) electrons. The van der Waals surface area contributed by atoms with E-state index in [-0.39, 0.29) is 18.4 Å². The van der Waals surface area contributed by atoms with E-state index in [4.69, 9.17) is 0 Å². The Labute approximate surface area is 134 Å². The lowest BCUT2D eigenvalue weighted by atomic mass is 10.1. The number of aryl methyl sites for hydroxylation is 2. The van der Waals surface area contributed by atoms with Crippen LogP contribution >= 0.6 is 12.4 Å². The molecule has 0 aromatic heterocycles. The van der Waals surface area contributed by atoms with E-state index < -0.39 is 10.0 Å². The fourth-order valence-electron chi connectivity index (χ4n) is 2.65. The van der Waals surface area contributed by atoms with Gasteiger partial charge < -0.3 is 4.90 Å². The molecule has 1 N–H and O–H groups in total. The Balaban J connectivity index is 0.00000220. The molecule has 1 saturated heterocycles. The van der Waals surface area contributed by atoms with Gasteiger partial charge in [0.15, 0.2) is 0 Å². The lowest BCUT2D eigenvalue weighted by molar-refractivity contribution is 0.217. The Morgan fingerprint density at radius 3 is 2.43 bits per heavy atom. The Kier molecular flexibility index (Phi) is 6.66. The monoisotopic (exact) mass is 332 g/mol. The standard InChI is InChI=1S/C15H24N2O2S.ClH/c1-4-17-9-7-14(8-10-17)16-20(18,19)15-11-12(2)5-6-13(15)3;/h5-6,11,14,16H,4,7-10H2,1-3H3;1H. The summed E-state index contributed by atoms with van der Waals surface area (Å²) in [6.45, 7) is 8.87. The first-order valence-corrected chi connectivity index (χ1v) is 8.72. The number of rotatable bonds is 4. The Hall–Kier alpha value is -0.620. The van der Waals surface area contributed by atoms with Crippen molar-refractivity contribution in [1.29, 1.82) is 0 Å². The molecule has 0 bridgehead atoms. The van der Waals surface area contributed by atoms with Crippen LogP contribution in [-0.2, 0) is 10.0 Å². The SMILES string of the molecule is CCN1CCC(NS(=O)(=O)c2cc(C)ccc2C)CC1.Cl. The van der Waals surface area contributed by atoms with E-state index in [0.29, 0.717) is 4.90 Å². The molecule has 1 aliphatic heterocycles. The van der Waals surface area contributed by atoms with Gasteiger partial charge in [-0.25, -0.2) is 13.1 Å². The van der Waals surface area contributed by atoms with Gasteiger partial charge in [0.1, 0.15) is 0 Å². The van der Waals surface area contributed by atoms with Crippen LogP contribution in [0.15, 0.2) is 23.1 Å². The lowest BCUT2D eigenvalue weighted by Crippen LogP contribution is -2.44. The minimum absolute atomic E-state index is 0. The van der Waals surface area contributed by atoms with E-state index in [0.717, 1.165) is 43.6 Å². The van der Waals surface area contributed by atoms with Crippen LogP contribution in [0.1, 0.15) is 30.9 Å². The molecular formula is C15H25ClN2O2S. The highest BCUT2D eigenvalue weighted by Crippen LogP contribution is 2.19. The zero-order chi connectivity index (χ0) is 14.8. The van der Waals surface area contributed by atoms with Gasteiger partial charge in [-0.05, 0) is 63.5 Å². The molecule has 0 atom stereocenters. The van der Waals surface area contributed by atoms with Gasteiger partial charge in [-0.2, -0.15) is 0 Å². The number of sulfonamides is 1. The Morgan fingerprint density at radius 2 is 1.86 bits per heavy atom. The van der Waals surface area contributed by atoms with Crippen molar-refractivity contribution in [3.05, 3.63) is 29.3 Å². The number of nitrogens with one attached hydrogen (secondary N) is 1. The van der Waals surface area contributed by atoms with E-state index in [1.165, 1.54) is 0 Å². The van der Waals surface area contributed by atoms with Crippen molar-refractivity contribution in [2.24, 2.45) is 0 Å². The van der Waals surface area contributed by atoms with Crippen molar-refractivity contribution in [3.63, 3.8) is 0 Å². The summed E-state index contributed by atoms with van der Waals surface area (Å²) in [6.07, 6.45) is 1.77. The van der Waals surface area contributed by atoms with Crippen molar-refractivity contribution in [1.82, 2.24) is 9.62 Å². The fourth-order valence-corrected chi connectivity index (χ4v) is 4.28. The Bertz CT molecular complexity index is 567. The van der Waals surface area contributed by atoms with E-state index >= 15 is 0 Å². The zero-order valence-electron chi connectivity index (χ0n) is 12.9. The maximum Gasteiger partial charge on any atom is 0.241 e. The van der Waals surface area contributed by atoms with E-state index in [1.54, 1.807) is 6.07 Å². The minimum Gasteiger partial charge on any atom is -0.303 e. The van der Waals surface area contributed by atoms with Crippen molar-refractivity contribution < 1.29 is 8.42 Å². The average molecular weight is 333 g/mol. The van der Waals surface area contributed by atoms with E-state index in [9.17, 15) is 8.42 Å². The number of likely N-dealkylation sites (tertiary alicyclic amines) is 1. The zero-order valence-corrected chi connectivity index (χ0v) is 14.6. The van der Waals surface area contributed by atoms with Crippen LogP contribution < -0.4 is 4.72 Å². The maximum absolute atomic E-state index is 12.5. The predicted octanol–water partition coefficient (Wildman–Crippen LogP) is 2.49. The summed E-state index contributed by atoms with van der Waals surface area (Å²) in [5.74, 6) is 0. The summed E-state index contributed by atoms with van der Waals surface area (Å²) in [6, 6.07) is 5.61. The first kappa shape index (κ1) is 18.4. The first-order chi connectivity index (χ1) is 9.42. The van der Waals surface area contributed by atoms with Crippen LogP contribution in [0.5, 0.6) is 0 Å². The summed E-state index contributed by atoms with van der Waals surface area (Å²) in [5.41, 5.74) is 1.77. The first-order valence-electron chi connectivity index (χ1n) is 7.24. The summed E-state index contributed by atoms with van der Waals surface area (Å²) in [7, 11) is -3.41. The largest absolute Gasteiger partial charge is 0.303 e. The molecule has 1 fully saturated rings.